The molecule has 112 valence electrons. The molecule has 1 unspecified atom stereocenters. The molecule has 19 heavy (non-hydrogen) atoms. The van der Waals surface area contributed by atoms with Crippen LogP contribution in [-0.4, -0.2) is 51.2 Å². The van der Waals surface area contributed by atoms with Gasteiger partial charge in [0.25, 0.3) is 0 Å². The average molecular weight is 291 g/mol. The third kappa shape index (κ3) is 6.35. The Balaban J connectivity index is 2.45. The lowest BCUT2D eigenvalue weighted by Crippen LogP contribution is -2.45. The first kappa shape index (κ1) is 16.4. The molecule has 0 aromatic carbocycles. The van der Waals surface area contributed by atoms with Crippen LogP contribution in [0, 0.1) is 0 Å². The van der Waals surface area contributed by atoms with Crippen LogP contribution in [0.5, 0.6) is 0 Å². The number of sulfonamides is 1. The molecule has 1 aliphatic heterocycles. The lowest BCUT2D eigenvalue weighted by Gasteiger charge is -2.36. The fourth-order valence-electron chi connectivity index (χ4n) is 2.44. The first-order chi connectivity index (χ1) is 8.94. The second-order valence-corrected chi connectivity index (χ2v) is 6.92. The van der Waals surface area contributed by atoms with Crippen LogP contribution in [0.4, 0.5) is 0 Å². The Morgan fingerprint density at radius 2 is 2.16 bits per heavy atom. The van der Waals surface area contributed by atoms with Crippen LogP contribution >= 0.6 is 0 Å². The molecular formula is C12H25N3O3S. The van der Waals surface area contributed by atoms with E-state index in [4.69, 9.17) is 5.73 Å². The summed E-state index contributed by atoms with van der Waals surface area (Å²) < 4.78 is 24.5. The van der Waals surface area contributed by atoms with Gasteiger partial charge in [-0.1, -0.05) is 0 Å². The standard InChI is InChI=1S/C12H25N3O3S/c1-19(17,18)14-9-7-11-5-2-3-10-15(11)12(16)6-4-8-13/h11,14H,2-10,13H2,1H3. The summed E-state index contributed by atoms with van der Waals surface area (Å²) in [5, 5.41) is 0. The quantitative estimate of drug-likeness (QED) is 0.693. The van der Waals surface area contributed by atoms with Crippen LogP contribution in [0.15, 0.2) is 0 Å². The minimum absolute atomic E-state index is 0.148. The van der Waals surface area contributed by atoms with Gasteiger partial charge in [-0.3, -0.25) is 4.79 Å². The number of carbonyl (C=O) groups is 1. The molecule has 1 rings (SSSR count). The van der Waals surface area contributed by atoms with Gasteiger partial charge in [-0.05, 0) is 38.6 Å². The number of nitrogens with one attached hydrogen (secondary N) is 1. The van der Waals surface area contributed by atoms with Crippen molar-refractivity contribution in [3.05, 3.63) is 0 Å². The predicted molar refractivity (Wildman–Crippen MR) is 75.1 cm³/mol. The summed E-state index contributed by atoms with van der Waals surface area (Å²) in [7, 11) is -3.15. The second-order valence-electron chi connectivity index (χ2n) is 5.08. The van der Waals surface area contributed by atoms with Gasteiger partial charge >= 0.3 is 0 Å². The highest BCUT2D eigenvalue weighted by molar-refractivity contribution is 7.88. The molecule has 0 spiro atoms. The summed E-state index contributed by atoms with van der Waals surface area (Å²) in [5.74, 6) is 0.148. The van der Waals surface area contributed by atoms with E-state index in [-0.39, 0.29) is 11.9 Å². The molecule has 7 heteroatoms. The number of likely N-dealkylation sites (tertiary alicyclic amines) is 1. The second kappa shape index (κ2) is 7.81. The monoisotopic (exact) mass is 291 g/mol. The van der Waals surface area contributed by atoms with Crippen molar-refractivity contribution in [2.45, 2.75) is 44.6 Å². The van der Waals surface area contributed by atoms with Crippen molar-refractivity contribution in [1.29, 1.82) is 0 Å². The Bertz CT molecular complexity index is 384. The molecule has 0 saturated carbocycles. The van der Waals surface area contributed by atoms with Gasteiger partial charge in [0.2, 0.25) is 15.9 Å². The highest BCUT2D eigenvalue weighted by Crippen LogP contribution is 2.20. The SMILES string of the molecule is CS(=O)(=O)NCCC1CCCCN1C(=O)CCCN. The van der Waals surface area contributed by atoms with Gasteiger partial charge in [0, 0.05) is 25.6 Å². The van der Waals surface area contributed by atoms with Gasteiger partial charge in [-0.25, -0.2) is 13.1 Å². The third-order valence-corrected chi connectivity index (χ3v) is 4.11. The van der Waals surface area contributed by atoms with Gasteiger partial charge < -0.3 is 10.6 Å². The Hall–Kier alpha value is -0.660. The van der Waals surface area contributed by atoms with E-state index in [0.717, 1.165) is 32.1 Å². The fraction of sp³-hybridized carbons (Fsp3) is 0.917. The third-order valence-electron chi connectivity index (χ3n) is 3.38. The maximum atomic E-state index is 12.1. The number of rotatable bonds is 7. The zero-order valence-electron chi connectivity index (χ0n) is 11.6. The summed E-state index contributed by atoms with van der Waals surface area (Å²) in [6.07, 6.45) is 6.13. The molecule has 6 nitrogen and oxygen atoms in total. The van der Waals surface area contributed by atoms with E-state index in [9.17, 15) is 13.2 Å². The minimum Gasteiger partial charge on any atom is -0.340 e. The van der Waals surface area contributed by atoms with Crippen LogP contribution in [0.1, 0.15) is 38.5 Å². The Morgan fingerprint density at radius 3 is 2.79 bits per heavy atom. The Labute approximate surface area is 115 Å². The van der Waals surface area contributed by atoms with E-state index in [2.05, 4.69) is 4.72 Å². The van der Waals surface area contributed by atoms with Crippen LogP contribution in [0.3, 0.4) is 0 Å². The Morgan fingerprint density at radius 1 is 1.42 bits per heavy atom. The molecule has 1 aliphatic rings. The average Bonchev–Trinajstić information content (AvgIpc) is 2.35. The first-order valence-electron chi connectivity index (χ1n) is 6.88. The Kier molecular flexibility index (Phi) is 6.74. The molecule has 0 aromatic rings. The number of carbonyl (C=O) groups excluding carboxylic acids is 1. The maximum absolute atomic E-state index is 12.1. The molecule has 1 atom stereocenters. The highest BCUT2D eigenvalue weighted by Gasteiger charge is 2.25. The number of amides is 1. The fourth-order valence-corrected chi connectivity index (χ4v) is 2.93. The van der Waals surface area contributed by atoms with Crippen molar-refractivity contribution >= 4 is 15.9 Å². The zero-order chi connectivity index (χ0) is 14.3. The summed E-state index contributed by atoms with van der Waals surface area (Å²) in [5.41, 5.74) is 5.42. The van der Waals surface area contributed by atoms with Gasteiger partial charge in [0.05, 0.1) is 6.26 Å². The maximum Gasteiger partial charge on any atom is 0.222 e. The van der Waals surface area contributed by atoms with Crippen molar-refractivity contribution in [2.24, 2.45) is 5.73 Å². The molecule has 0 bridgehead atoms. The van der Waals surface area contributed by atoms with E-state index in [1.165, 1.54) is 0 Å². The van der Waals surface area contributed by atoms with Crippen LogP contribution in [0.25, 0.3) is 0 Å². The molecule has 3 N–H and O–H groups in total. The minimum atomic E-state index is -3.15. The molecule has 0 aromatic heterocycles. The summed E-state index contributed by atoms with van der Waals surface area (Å²) in [4.78, 5) is 14.0. The van der Waals surface area contributed by atoms with Gasteiger partial charge in [0.15, 0.2) is 0 Å². The lowest BCUT2D eigenvalue weighted by atomic mass is 9.98. The van der Waals surface area contributed by atoms with Crippen molar-refractivity contribution in [3.8, 4) is 0 Å². The largest absolute Gasteiger partial charge is 0.340 e. The number of nitrogens with two attached hydrogens (primary N) is 1. The van der Waals surface area contributed by atoms with E-state index in [1.807, 2.05) is 4.90 Å². The van der Waals surface area contributed by atoms with Gasteiger partial charge in [0.1, 0.15) is 0 Å². The molecule has 0 radical (unpaired) electrons. The van der Waals surface area contributed by atoms with Crippen molar-refractivity contribution in [3.63, 3.8) is 0 Å². The predicted octanol–water partition coefficient (Wildman–Crippen LogP) is 0.0457. The molecule has 1 amide bonds. The van der Waals surface area contributed by atoms with Gasteiger partial charge in [-0.2, -0.15) is 0 Å². The van der Waals surface area contributed by atoms with Crippen molar-refractivity contribution in [2.75, 3.05) is 25.9 Å². The number of hydrogen-bond acceptors (Lipinski definition) is 4. The van der Waals surface area contributed by atoms with E-state index in [1.54, 1.807) is 0 Å². The highest BCUT2D eigenvalue weighted by atomic mass is 32.2. The number of piperidine rings is 1. The summed E-state index contributed by atoms with van der Waals surface area (Å²) in [6, 6.07) is 0.160. The van der Waals surface area contributed by atoms with Crippen molar-refractivity contribution < 1.29 is 13.2 Å². The number of hydrogen-bond donors (Lipinski definition) is 2. The van der Waals surface area contributed by atoms with E-state index >= 15 is 0 Å². The smallest absolute Gasteiger partial charge is 0.222 e. The van der Waals surface area contributed by atoms with Crippen LogP contribution < -0.4 is 10.5 Å². The molecule has 0 aliphatic carbocycles. The lowest BCUT2D eigenvalue weighted by molar-refractivity contribution is -0.135. The van der Waals surface area contributed by atoms with E-state index < -0.39 is 10.0 Å². The molecular weight excluding hydrogens is 266 g/mol. The summed E-state index contributed by atoms with van der Waals surface area (Å²) >= 11 is 0. The normalized spacial score (nSPS) is 20.5. The van der Waals surface area contributed by atoms with Crippen molar-refractivity contribution in [1.82, 2.24) is 9.62 Å². The first-order valence-corrected chi connectivity index (χ1v) is 8.77. The topological polar surface area (TPSA) is 92.5 Å². The van der Waals surface area contributed by atoms with E-state index in [0.29, 0.717) is 32.4 Å². The van der Waals surface area contributed by atoms with Gasteiger partial charge in [-0.15, -0.1) is 0 Å². The zero-order valence-corrected chi connectivity index (χ0v) is 12.4. The molecule has 1 heterocycles. The number of nitrogens with zero attached hydrogens (tertiary/aromatic N) is 1. The molecule has 1 fully saturated rings. The summed E-state index contributed by atoms with van der Waals surface area (Å²) in [6.45, 7) is 1.71. The molecule has 1 saturated heterocycles. The van der Waals surface area contributed by atoms with Crippen LogP contribution in [0.2, 0.25) is 0 Å². The van der Waals surface area contributed by atoms with Crippen LogP contribution in [-0.2, 0) is 14.8 Å².